The number of aromatic nitrogens is 1. The summed E-state index contributed by atoms with van der Waals surface area (Å²) in [5, 5.41) is 9.19. The zero-order chi connectivity index (χ0) is 11.4. The molecule has 3 N–H and O–H groups in total. The van der Waals surface area contributed by atoms with Crippen molar-refractivity contribution in [3.05, 3.63) is 17.8 Å². The summed E-state index contributed by atoms with van der Waals surface area (Å²) in [6, 6.07) is 1.90. The third kappa shape index (κ3) is 3.40. The Hall–Kier alpha value is -1.29. The Morgan fingerprint density at radius 1 is 1.60 bits per heavy atom. The van der Waals surface area contributed by atoms with Gasteiger partial charge in [0.25, 0.3) is 0 Å². The minimum Gasteiger partial charge on any atom is -0.397 e. The van der Waals surface area contributed by atoms with Gasteiger partial charge < -0.3 is 15.7 Å². The summed E-state index contributed by atoms with van der Waals surface area (Å²) in [6.45, 7) is 4.56. The molecule has 0 fully saturated rings. The number of nitrogens with zero attached hydrogens (tertiary/aromatic N) is 2. The Labute approximate surface area is 90.7 Å². The third-order valence-corrected chi connectivity index (χ3v) is 2.32. The van der Waals surface area contributed by atoms with Gasteiger partial charge >= 0.3 is 0 Å². The first-order chi connectivity index (χ1) is 7.00. The molecule has 0 aromatic carbocycles. The summed E-state index contributed by atoms with van der Waals surface area (Å²) in [4.78, 5) is 6.30. The van der Waals surface area contributed by atoms with Crippen molar-refractivity contribution in [3.8, 4) is 0 Å². The van der Waals surface area contributed by atoms with Crippen molar-refractivity contribution in [2.75, 3.05) is 24.2 Å². The zero-order valence-electron chi connectivity index (χ0n) is 9.57. The van der Waals surface area contributed by atoms with Crippen molar-refractivity contribution >= 4 is 11.5 Å². The highest BCUT2D eigenvalue weighted by atomic mass is 16.3. The molecule has 1 heterocycles. The van der Waals surface area contributed by atoms with E-state index in [1.165, 1.54) is 0 Å². The van der Waals surface area contributed by atoms with Crippen LogP contribution in [0.15, 0.2) is 12.3 Å². The van der Waals surface area contributed by atoms with Gasteiger partial charge in [-0.15, -0.1) is 0 Å². The van der Waals surface area contributed by atoms with Crippen LogP contribution in [0.1, 0.15) is 18.9 Å². The summed E-state index contributed by atoms with van der Waals surface area (Å²) < 4.78 is 0. The first-order valence-corrected chi connectivity index (χ1v) is 5.12. The maximum Gasteiger partial charge on any atom is 0.131 e. The molecule has 0 aliphatic rings. The predicted molar refractivity (Wildman–Crippen MR) is 63.0 cm³/mol. The first kappa shape index (κ1) is 11.8. The molecule has 4 nitrogen and oxygen atoms in total. The summed E-state index contributed by atoms with van der Waals surface area (Å²) in [7, 11) is 1.97. The van der Waals surface area contributed by atoms with Crippen LogP contribution in [-0.4, -0.2) is 29.8 Å². The number of hydrogen-bond donors (Lipinski definition) is 2. The van der Waals surface area contributed by atoms with E-state index in [-0.39, 0.29) is 6.10 Å². The number of aliphatic hydroxyl groups excluding tert-OH is 1. The van der Waals surface area contributed by atoms with E-state index in [0.29, 0.717) is 5.69 Å². The van der Waals surface area contributed by atoms with Crippen LogP contribution in [0.5, 0.6) is 0 Å². The molecule has 1 aromatic rings. The monoisotopic (exact) mass is 209 g/mol. The second kappa shape index (κ2) is 4.98. The molecule has 1 aromatic heterocycles. The third-order valence-electron chi connectivity index (χ3n) is 2.32. The van der Waals surface area contributed by atoms with Gasteiger partial charge in [0.05, 0.1) is 18.0 Å². The van der Waals surface area contributed by atoms with E-state index in [4.69, 9.17) is 5.73 Å². The molecule has 1 unspecified atom stereocenters. The molecule has 15 heavy (non-hydrogen) atoms. The van der Waals surface area contributed by atoms with E-state index >= 15 is 0 Å². The zero-order valence-corrected chi connectivity index (χ0v) is 9.57. The van der Waals surface area contributed by atoms with Gasteiger partial charge in [-0.2, -0.15) is 0 Å². The quantitative estimate of drug-likeness (QED) is 0.781. The molecule has 4 heteroatoms. The van der Waals surface area contributed by atoms with Gasteiger partial charge in [-0.3, -0.25) is 0 Å². The molecular formula is C11H19N3O. The second-order valence-electron chi connectivity index (χ2n) is 3.97. The van der Waals surface area contributed by atoms with Crippen LogP contribution in [0.25, 0.3) is 0 Å². The van der Waals surface area contributed by atoms with E-state index in [1.54, 1.807) is 13.1 Å². The van der Waals surface area contributed by atoms with Crippen molar-refractivity contribution in [3.63, 3.8) is 0 Å². The molecule has 0 aliphatic heterocycles. The molecule has 84 valence electrons. The number of hydrogen-bond acceptors (Lipinski definition) is 4. The average molecular weight is 209 g/mol. The molecule has 1 atom stereocenters. The lowest BCUT2D eigenvalue weighted by Crippen LogP contribution is -2.23. The maximum atomic E-state index is 9.19. The molecule has 0 amide bonds. The highest BCUT2D eigenvalue weighted by Crippen LogP contribution is 2.17. The fraction of sp³-hybridized carbons (Fsp3) is 0.545. The SMILES string of the molecule is Cc1cc(N)cnc1N(C)CCC(C)O. The Balaban J connectivity index is 2.69. The largest absolute Gasteiger partial charge is 0.397 e. The first-order valence-electron chi connectivity index (χ1n) is 5.12. The number of nitrogen functional groups attached to an aromatic ring is 1. The lowest BCUT2D eigenvalue weighted by atomic mass is 10.2. The van der Waals surface area contributed by atoms with Gasteiger partial charge in [-0.1, -0.05) is 0 Å². The minimum absolute atomic E-state index is 0.276. The van der Waals surface area contributed by atoms with E-state index in [0.717, 1.165) is 24.3 Å². The van der Waals surface area contributed by atoms with Gasteiger partial charge in [-0.05, 0) is 31.9 Å². The van der Waals surface area contributed by atoms with Crippen molar-refractivity contribution < 1.29 is 5.11 Å². The lowest BCUT2D eigenvalue weighted by Gasteiger charge is -2.20. The Bertz CT molecular complexity index is 326. The molecule has 0 bridgehead atoms. The summed E-state index contributed by atoms with van der Waals surface area (Å²) in [6.07, 6.45) is 2.12. The summed E-state index contributed by atoms with van der Waals surface area (Å²) in [5.74, 6) is 0.921. The van der Waals surface area contributed by atoms with Gasteiger partial charge in [0.2, 0.25) is 0 Å². The number of aliphatic hydroxyl groups is 1. The molecule has 0 radical (unpaired) electrons. The van der Waals surface area contributed by atoms with Gasteiger partial charge in [-0.25, -0.2) is 4.98 Å². The van der Waals surface area contributed by atoms with Crippen molar-refractivity contribution in [2.24, 2.45) is 0 Å². The molecule has 0 saturated carbocycles. The summed E-state index contributed by atoms with van der Waals surface area (Å²) >= 11 is 0. The number of anilines is 2. The normalized spacial score (nSPS) is 12.5. The van der Waals surface area contributed by atoms with Gasteiger partial charge in [0.1, 0.15) is 5.82 Å². The highest BCUT2D eigenvalue weighted by molar-refractivity contribution is 5.52. The lowest BCUT2D eigenvalue weighted by molar-refractivity contribution is 0.187. The average Bonchev–Trinajstić information content (AvgIpc) is 2.14. The molecule has 0 saturated heterocycles. The van der Waals surface area contributed by atoms with Crippen LogP contribution in [0, 0.1) is 6.92 Å². The van der Waals surface area contributed by atoms with E-state index in [9.17, 15) is 5.11 Å². The molecule has 1 rings (SSSR count). The number of nitrogens with two attached hydrogens (primary N) is 1. The van der Waals surface area contributed by atoms with Crippen LogP contribution in [0.2, 0.25) is 0 Å². The Morgan fingerprint density at radius 3 is 2.80 bits per heavy atom. The summed E-state index contributed by atoms with van der Waals surface area (Å²) in [5.41, 5.74) is 7.37. The Kier molecular flexibility index (Phi) is 3.91. The van der Waals surface area contributed by atoms with Crippen LogP contribution in [0.3, 0.4) is 0 Å². The maximum absolute atomic E-state index is 9.19. The molecular weight excluding hydrogens is 190 g/mol. The van der Waals surface area contributed by atoms with E-state index < -0.39 is 0 Å². The van der Waals surface area contributed by atoms with Crippen LogP contribution in [-0.2, 0) is 0 Å². The second-order valence-corrected chi connectivity index (χ2v) is 3.97. The number of aryl methyl sites for hydroxylation is 1. The van der Waals surface area contributed by atoms with E-state index in [1.807, 2.05) is 24.9 Å². The Morgan fingerprint density at radius 2 is 2.27 bits per heavy atom. The van der Waals surface area contributed by atoms with Crippen molar-refractivity contribution in [1.29, 1.82) is 0 Å². The van der Waals surface area contributed by atoms with Crippen molar-refractivity contribution in [2.45, 2.75) is 26.4 Å². The fourth-order valence-electron chi connectivity index (χ4n) is 1.48. The van der Waals surface area contributed by atoms with Crippen molar-refractivity contribution in [1.82, 2.24) is 4.98 Å². The van der Waals surface area contributed by atoms with Gasteiger partial charge in [0.15, 0.2) is 0 Å². The fourth-order valence-corrected chi connectivity index (χ4v) is 1.48. The smallest absolute Gasteiger partial charge is 0.131 e. The van der Waals surface area contributed by atoms with Crippen LogP contribution >= 0.6 is 0 Å². The minimum atomic E-state index is -0.276. The topological polar surface area (TPSA) is 62.4 Å². The van der Waals surface area contributed by atoms with Crippen LogP contribution in [0.4, 0.5) is 11.5 Å². The standard InChI is InChI=1S/C11H19N3O/c1-8-6-10(12)7-13-11(8)14(3)5-4-9(2)15/h6-7,9,15H,4-5,12H2,1-3H3. The van der Waals surface area contributed by atoms with Gasteiger partial charge in [0, 0.05) is 13.6 Å². The number of pyridine rings is 1. The highest BCUT2D eigenvalue weighted by Gasteiger charge is 2.07. The predicted octanol–water partition coefficient (Wildman–Crippen LogP) is 1.18. The number of rotatable bonds is 4. The molecule has 0 spiro atoms. The van der Waals surface area contributed by atoms with E-state index in [2.05, 4.69) is 4.98 Å². The molecule has 0 aliphatic carbocycles. The van der Waals surface area contributed by atoms with Crippen LogP contribution < -0.4 is 10.6 Å².